The van der Waals surface area contributed by atoms with Crippen molar-refractivity contribution >= 4 is 6.09 Å². The zero-order valence-electron chi connectivity index (χ0n) is 13.5. The van der Waals surface area contributed by atoms with Crippen molar-refractivity contribution in [2.75, 3.05) is 13.1 Å². The molecule has 1 aromatic rings. The molecule has 1 spiro atoms. The first-order chi connectivity index (χ1) is 11.0. The van der Waals surface area contributed by atoms with Crippen molar-refractivity contribution in [2.45, 2.75) is 45.1 Å². The van der Waals surface area contributed by atoms with Crippen LogP contribution in [0.5, 0.6) is 0 Å². The van der Waals surface area contributed by atoms with E-state index in [1.165, 1.54) is 0 Å². The molecule has 1 saturated carbocycles. The quantitative estimate of drug-likeness (QED) is 0.910. The number of hydrogen-bond acceptors (Lipinski definition) is 3. The molecule has 1 saturated heterocycles. The van der Waals surface area contributed by atoms with Crippen LogP contribution in [0.25, 0.3) is 0 Å². The lowest BCUT2D eigenvalue weighted by atomic mass is 9.75. The summed E-state index contributed by atoms with van der Waals surface area (Å²) >= 11 is 0. The van der Waals surface area contributed by atoms with Crippen LogP contribution in [0.4, 0.5) is 9.18 Å². The van der Waals surface area contributed by atoms with Crippen LogP contribution in [0.2, 0.25) is 0 Å². The molecule has 3 atom stereocenters. The van der Waals surface area contributed by atoms with E-state index < -0.39 is 12.3 Å². The lowest BCUT2D eigenvalue weighted by molar-refractivity contribution is -0.0274. The van der Waals surface area contributed by atoms with Gasteiger partial charge >= 0.3 is 6.09 Å². The third kappa shape index (κ3) is 3.20. The van der Waals surface area contributed by atoms with E-state index in [1.807, 2.05) is 37.3 Å². The van der Waals surface area contributed by atoms with Gasteiger partial charge in [-0.2, -0.15) is 0 Å². The molecule has 5 heteroatoms. The van der Waals surface area contributed by atoms with E-state index in [1.54, 1.807) is 4.90 Å². The van der Waals surface area contributed by atoms with Crippen molar-refractivity contribution in [3.63, 3.8) is 0 Å². The fraction of sp³-hybridized carbons (Fsp3) is 0.611. The molecule has 2 aliphatic rings. The minimum atomic E-state index is -1.15. The summed E-state index contributed by atoms with van der Waals surface area (Å²) in [5.74, 6) is -0.110. The van der Waals surface area contributed by atoms with Gasteiger partial charge in [-0.3, -0.25) is 0 Å². The van der Waals surface area contributed by atoms with E-state index in [-0.39, 0.29) is 24.0 Å². The van der Waals surface area contributed by atoms with E-state index in [4.69, 9.17) is 4.74 Å². The highest BCUT2D eigenvalue weighted by molar-refractivity contribution is 5.67. The third-order valence-electron chi connectivity index (χ3n) is 5.42. The van der Waals surface area contributed by atoms with Gasteiger partial charge in [0, 0.05) is 18.5 Å². The number of likely N-dealkylation sites (tertiary alicyclic amines) is 1. The molecule has 0 radical (unpaired) electrons. The molecule has 1 aliphatic carbocycles. The Morgan fingerprint density at radius 1 is 1.35 bits per heavy atom. The Morgan fingerprint density at radius 3 is 2.57 bits per heavy atom. The van der Waals surface area contributed by atoms with E-state index >= 15 is 0 Å². The maximum absolute atomic E-state index is 13.9. The molecule has 3 rings (SSSR count). The Hall–Kier alpha value is -1.62. The van der Waals surface area contributed by atoms with Gasteiger partial charge < -0.3 is 14.7 Å². The summed E-state index contributed by atoms with van der Waals surface area (Å²) in [6.07, 6.45) is -0.409. The number of carbonyl (C=O) groups is 1. The number of alkyl halides is 1. The average molecular weight is 321 g/mol. The highest BCUT2D eigenvalue weighted by atomic mass is 19.1. The van der Waals surface area contributed by atoms with Crippen LogP contribution in [-0.4, -0.2) is 41.5 Å². The maximum atomic E-state index is 13.9. The lowest BCUT2D eigenvalue weighted by Gasteiger charge is -2.41. The topological polar surface area (TPSA) is 49.8 Å². The van der Waals surface area contributed by atoms with Crippen LogP contribution in [0.1, 0.15) is 31.7 Å². The summed E-state index contributed by atoms with van der Waals surface area (Å²) < 4.78 is 19.3. The number of hydrogen-bond donors (Lipinski definition) is 1. The van der Waals surface area contributed by atoms with E-state index in [0.717, 1.165) is 5.56 Å². The molecule has 23 heavy (non-hydrogen) atoms. The minimum absolute atomic E-state index is 0.110. The van der Waals surface area contributed by atoms with Crippen molar-refractivity contribution < 1.29 is 19.0 Å². The molecule has 1 aromatic carbocycles. The van der Waals surface area contributed by atoms with Crippen molar-refractivity contribution in [3.05, 3.63) is 35.9 Å². The van der Waals surface area contributed by atoms with E-state index in [0.29, 0.717) is 32.4 Å². The number of aliphatic hydroxyl groups is 1. The fourth-order valence-corrected chi connectivity index (χ4v) is 3.97. The smallest absolute Gasteiger partial charge is 0.410 e. The maximum Gasteiger partial charge on any atom is 0.410 e. The van der Waals surface area contributed by atoms with Gasteiger partial charge in [0.15, 0.2) is 0 Å². The number of amides is 1. The number of rotatable bonds is 2. The lowest BCUT2D eigenvalue weighted by Crippen LogP contribution is -2.47. The average Bonchev–Trinajstić information content (AvgIpc) is 2.78. The summed E-state index contributed by atoms with van der Waals surface area (Å²) in [7, 11) is 0. The second-order valence-electron chi connectivity index (χ2n) is 6.96. The Labute approximate surface area is 136 Å². The summed E-state index contributed by atoms with van der Waals surface area (Å²) in [6.45, 7) is 3.14. The fourth-order valence-electron chi connectivity index (χ4n) is 3.97. The van der Waals surface area contributed by atoms with Crippen molar-refractivity contribution in [3.8, 4) is 0 Å². The monoisotopic (exact) mass is 321 g/mol. The van der Waals surface area contributed by atoms with Crippen molar-refractivity contribution in [1.29, 1.82) is 0 Å². The van der Waals surface area contributed by atoms with Crippen molar-refractivity contribution in [1.82, 2.24) is 4.90 Å². The summed E-state index contributed by atoms with van der Waals surface area (Å²) in [5.41, 5.74) is 0.587. The van der Waals surface area contributed by atoms with E-state index in [9.17, 15) is 14.3 Å². The number of halogens is 1. The third-order valence-corrected chi connectivity index (χ3v) is 5.42. The second-order valence-corrected chi connectivity index (χ2v) is 6.96. The summed E-state index contributed by atoms with van der Waals surface area (Å²) in [4.78, 5) is 13.8. The SMILES string of the molecule is C[C@@H]1CC2(CCN(C(=O)OCc3ccccc3)CC2)[C@@H](O)[C@H]1F. The minimum Gasteiger partial charge on any atom is -0.445 e. The molecule has 4 nitrogen and oxygen atoms in total. The largest absolute Gasteiger partial charge is 0.445 e. The predicted octanol–water partition coefficient (Wildman–Crippen LogP) is 3.14. The van der Waals surface area contributed by atoms with Gasteiger partial charge in [-0.25, -0.2) is 9.18 Å². The van der Waals surface area contributed by atoms with Gasteiger partial charge in [-0.15, -0.1) is 0 Å². The normalized spacial score (nSPS) is 29.7. The highest BCUT2D eigenvalue weighted by Gasteiger charge is 2.53. The Bertz CT molecular complexity index is 542. The molecule has 2 fully saturated rings. The molecule has 126 valence electrons. The molecule has 1 N–H and O–H groups in total. The number of carbonyl (C=O) groups excluding carboxylic acids is 1. The van der Waals surface area contributed by atoms with Crippen LogP contribution in [-0.2, 0) is 11.3 Å². The first-order valence-electron chi connectivity index (χ1n) is 8.30. The number of benzene rings is 1. The standard InChI is InChI=1S/C18H24FNO3/c1-13-11-18(16(21)15(13)19)7-9-20(10-8-18)17(22)23-12-14-5-3-2-4-6-14/h2-6,13,15-16,21H,7-12H2,1H3/t13-,15+,16+/m1/s1. The molecule has 1 heterocycles. The van der Waals surface area contributed by atoms with Gasteiger partial charge in [0.05, 0.1) is 6.10 Å². The van der Waals surface area contributed by atoms with Crippen LogP contribution in [0, 0.1) is 11.3 Å². The Kier molecular flexibility index (Phi) is 4.57. The summed E-state index contributed by atoms with van der Waals surface area (Å²) in [5, 5.41) is 10.2. The van der Waals surface area contributed by atoms with Crippen LogP contribution >= 0.6 is 0 Å². The van der Waals surface area contributed by atoms with Gasteiger partial charge in [-0.1, -0.05) is 37.3 Å². The highest BCUT2D eigenvalue weighted by Crippen LogP contribution is 2.50. The van der Waals surface area contributed by atoms with Crippen LogP contribution in [0.3, 0.4) is 0 Å². The van der Waals surface area contributed by atoms with E-state index in [2.05, 4.69) is 0 Å². The molecule has 1 aliphatic heterocycles. The molecule has 0 unspecified atom stereocenters. The second kappa shape index (κ2) is 6.48. The molecule has 1 amide bonds. The van der Waals surface area contributed by atoms with Gasteiger partial charge in [0.2, 0.25) is 0 Å². The van der Waals surface area contributed by atoms with Crippen LogP contribution in [0.15, 0.2) is 30.3 Å². The first kappa shape index (κ1) is 16.2. The number of piperidine rings is 1. The predicted molar refractivity (Wildman–Crippen MR) is 84.6 cm³/mol. The first-order valence-corrected chi connectivity index (χ1v) is 8.30. The molecule has 0 bridgehead atoms. The van der Waals surface area contributed by atoms with Gasteiger partial charge in [0.1, 0.15) is 12.8 Å². The van der Waals surface area contributed by atoms with Gasteiger partial charge in [-0.05, 0) is 30.7 Å². The van der Waals surface area contributed by atoms with Crippen LogP contribution < -0.4 is 0 Å². The Morgan fingerprint density at radius 2 is 2.00 bits per heavy atom. The number of aliphatic hydroxyl groups excluding tert-OH is 1. The van der Waals surface area contributed by atoms with Crippen molar-refractivity contribution in [2.24, 2.45) is 11.3 Å². The Balaban J connectivity index is 1.52. The number of nitrogens with zero attached hydrogens (tertiary/aromatic N) is 1. The molecular weight excluding hydrogens is 297 g/mol. The summed E-state index contributed by atoms with van der Waals surface area (Å²) in [6, 6.07) is 9.56. The number of ether oxygens (including phenoxy) is 1. The zero-order valence-corrected chi connectivity index (χ0v) is 13.5. The van der Waals surface area contributed by atoms with Gasteiger partial charge in [0.25, 0.3) is 0 Å². The zero-order chi connectivity index (χ0) is 16.4. The molecule has 0 aromatic heterocycles. The molecular formula is C18H24FNO3.